The predicted molar refractivity (Wildman–Crippen MR) is 260 cm³/mol. The molecule has 1 spiro atoms. The van der Waals surface area contributed by atoms with Gasteiger partial charge in [-0.25, -0.2) is 0 Å². The zero-order chi connectivity index (χ0) is 41.2. The van der Waals surface area contributed by atoms with E-state index in [9.17, 15) is 0 Å². The molecular weight excluding hydrogens is 751 g/mol. The van der Waals surface area contributed by atoms with Gasteiger partial charge in [-0.2, -0.15) is 0 Å². The number of fused-ring (bicyclic) bond motifs is 11. The summed E-state index contributed by atoms with van der Waals surface area (Å²) in [5.41, 5.74) is 17.6. The third kappa shape index (κ3) is 5.50. The molecule has 0 bridgehead atoms. The monoisotopic (exact) mass is 791 g/mol. The van der Waals surface area contributed by atoms with Crippen molar-refractivity contribution in [3.05, 3.63) is 259 Å². The third-order valence-electron chi connectivity index (χ3n) is 13.1. The Morgan fingerprint density at radius 1 is 0.452 bits per heavy atom. The lowest BCUT2D eigenvalue weighted by Crippen LogP contribution is -2.30. The van der Waals surface area contributed by atoms with Gasteiger partial charge in [0.1, 0.15) is 5.58 Å². The van der Waals surface area contributed by atoms with Crippen LogP contribution in [0.5, 0.6) is 0 Å². The first-order valence-electron chi connectivity index (χ1n) is 21.4. The fourth-order valence-corrected chi connectivity index (χ4v) is 10.3. The van der Waals surface area contributed by atoms with Gasteiger partial charge in [0.05, 0.1) is 11.1 Å². The first kappa shape index (κ1) is 36.0. The van der Waals surface area contributed by atoms with E-state index in [0.29, 0.717) is 0 Å². The number of hydrogen-bond acceptors (Lipinski definition) is 2. The summed E-state index contributed by atoms with van der Waals surface area (Å²) >= 11 is 0. The summed E-state index contributed by atoms with van der Waals surface area (Å²) in [5.74, 6) is 0. The van der Waals surface area contributed by atoms with E-state index in [0.717, 1.165) is 67.7 Å². The maximum absolute atomic E-state index is 7.00. The van der Waals surface area contributed by atoms with Gasteiger partial charge in [0, 0.05) is 27.7 Å². The molecule has 0 saturated heterocycles. The number of rotatable bonds is 5. The van der Waals surface area contributed by atoms with E-state index in [1.807, 2.05) is 0 Å². The van der Waals surface area contributed by atoms with Crippen LogP contribution < -0.4 is 4.90 Å². The Kier molecular flexibility index (Phi) is 8.33. The molecule has 0 unspecified atom stereocenters. The van der Waals surface area contributed by atoms with E-state index in [2.05, 4.69) is 229 Å². The highest BCUT2D eigenvalue weighted by Gasteiger charge is 2.47. The minimum Gasteiger partial charge on any atom is -0.453 e. The molecule has 292 valence electrons. The number of nitrogens with zero attached hydrogens (tertiary/aromatic N) is 1. The second-order valence-electron chi connectivity index (χ2n) is 16.4. The van der Waals surface area contributed by atoms with E-state index < -0.39 is 5.41 Å². The van der Waals surface area contributed by atoms with Gasteiger partial charge in [-0.15, -0.1) is 0 Å². The second kappa shape index (κ2) is 14.4. The lowest BCUT2D eigenvalue weighted by atomic mass is 9.65. The molecular formula is C60H41NO. The van der Waals surface area contributed by atoms with Crippen molar-refractivity contribution in [2.75, 3.05) is 4.90 Å². The van der Waals surface area contributed by atoms with Crippen molar-refractivity contribution in [3.63, 3.8) is 0 Å². The van der Waals surface area contributed by atoms with Gasteiger partial charge in [-0.1, -0.05) is 195 Å². The quantitative estimate of drug-likeness (QED) is 0.173. The smallest absolute Gasteiger partial charge is 0.159 e. The maximum atomic E-state index is 7.00. The van der Waals surface area contributed by atoms with Crippen LogP contribution in [0.15, 0.2) is 241 Å². The first-order valence-corrected chi connectivity index (χ1v) is 21.4. The fraction of sp³-hybridized carbons (Fsp3) is 0.0333. The Labute approximate surface area is 361 Å². The van der Waals surface area contributed by atoms with Crippen LogP contribution in [0, 0.1) is 0 Å². The number of benzene rings is 9. The zero-order valence-electron chi connectivity index (χ0n) is 34.1. The lowest BCUT2D eigenvalue weighted by Gasteiger charge is -2.36. The Morgan fingerprint density at radius 3 is 1.89 bits per heavy atom. The molecule has 0 radical (unpaired) electrons. The van der Waals surface area contributed by atoms with Crippen molar-refractivity contribution < 1.29 is 4.42 Å². The van der Waals surface area contributed by atoms with Crippen molar-refractivity contribution >= 4 is 49.8 Å². The van der Waals surface area contributed by atoms with Crippen LogP contribution in [-0.4, -0.2) is 0 Å². The van der Waals surface area contributed by atoms with Crippen LogP contribution >= 0.6 is 0 Å². The zero-order valence-corrected chi connectivity index (χ0v) is 34.1. The summed E-state index contributed by atoms with van der Waals surface area (Å²) in [7, 11) is 0. The minimum atomic E-state index is -0.528. The van der Waals surface area contributed by atoms with Crippen molar-refractivity contribution in [2.24, 2.45) is 0 Å². The summed E-state index contributed by atoms with van der Waals surface area (Å²) < 4.78 is 7.00. The van der Waals surface area contributed by atoms with Crippen LogP contribution in [-0.2, 0) is 11.8 Å². The molecule has 2 aliphatic carbocycles. The van der Waals surface area contributed by atoms with Crippen LogP contribution in [0.1, 0.15) is 22.3 Å². The number of allylic oxidation sites excluding steroid dienone is 5. The fourth-order valence-electron chi connectivity index (χ4n) is 10.3. The van der Waals surface area contributed by atoms with Crippen LogP contribution in [0.4, 0.5) is 17.1 Å². The number of furan rings is 1. The maximum Gasteiger partial charge on any atom is 0.159 e. The van der Waals surface area contributed by atoms with Gasteiger partial charge in [-0.3, -0.25) is 0 Å². The van der Waals surface area contributed by atoms with Crippen LogP contribution in [0.25, 0.3) is 66.1 Å². The highest BCUT2D eigenvalue weighted by Crippen LogP contribution is 2.57. The summed E-state index contributed by atoms with van der Waals surface area (Å²) in [5, 5.41) is 4.58. The van der Waals surface area contributed by atoms with Crippen molar-refractivity contribution in [1.82, 2.24) is 0 Å². The molecule has 2 nitrogen and oxygen atoms in total. The highest BCUT2D eigenvalue weighted by atomic mass is 16.3. The van der Waals surface area contributed by atoms with Gasteiger partial charge in [0.15, 0.2) is 5.58 Å². The van der Waals surface area contributed by atoms with Crippen molar-refractivity contribution in [3.8, 4) is 33.4 Å². The van der Waals surface area contributed by atoms with Gasteiger partial charge in [-0.05, 0) is 109 Å². The van der Waals surface area contributed by atoms with Gasteiger partial charge >= 0.3 is 0 Å². The van der Waals surface area contributed by atoms with Gasteiger partial charge in [0.25, 0.3) is 0 Å². The van der Waals surface area contributed by atoms with E-state index >= 15 is 0 Å². The van der Waals surface area contributed by atoms with E-state index in [1.165, 1.54) is 49.7 Å². The number of anilines is 3. The topological polar surface area (TPSA) is 16.4 Å². The average molecular weight is 792 g/mol. The molecule has 0 amide bonds. The molecule has 0 fully saturated rings. The molecule has 1 heterocycles. The average Bonchev–Trinajstić information content (AvgIpc) is 3.88. The Hall–Kier alpha value is -7.94. The molecule has 2 heteroatoms. The summed E-state index contributed by atoms with van der Waals surface area (Å²) in [6.07, 6.45) is 9.60. The molecule has 0 aliphatic heterocycles. The normalized spacial score (nSPS) is 14.8. The predicted octanol–water partition coefficient (Wildman–Crippen LogP) is 16.1. The molecule has 62 heavy (non-hydrogen) atoms. The molecule has 0 atom stereocenters. The number of para-hydroxylation sites is 2. The molecule has 12 rings (SSSR count). The summed E-state index contributed by atoms with van der Waals surface area (Å²) in [6, 6.07) is 72.6. The molecule has 0 saturated carbocycles. The standard InChI is InChI=1S/C60H41NO/c1-40-16-4-2-7-20-44-30-31-46(39-56(44)60(40)54-27-12-10-22-50(54)51-23-11-13-28-55(51)60)42-32-35-47(36-33-42)61(48-37-34-41-17-8-9-21-45(41)38-48)57-29-15-26-53-52-25-14-24-49(58(52)62-59(53)57)43-18-5-3-6-19-43/h2-19,21-39H,1,20H2/b7-2-,16-4-. The molecule has 1 aromatic heterocycles. The van der Waals surface area contributed by atoms with Crippen LogP contribution in [0.2, 0.25) is 0 Å². The SMILES string of the molecule is C=C1/C=C\C=C/Cc2ccc(-c3ccc(N(c4ccc5ccccc5c4)c4cccc5c4oc4c(-c6ccccc6)cccc45)cc3)cc2C12c1ccccc1-c1ccccc12. The lowest BCUT2D eigenvalue weighted by molar-refractivity contribution is 0.670. The molecule has 0 N–H and O–H groups in total. The number of hydrogen-bond donors (Lipinski definition) is 0. The summed E-state index contributed by atoms with van der Waals surface area (Å²) in [6.45, 7) is 4.82. The van der Waals surface area contributed by atoms with E-state index in [4.69, 9.17) is 11.0 Å². The van der Waals surface area contributed by atoms with Gasteiger partial charge < -0.3 is 9.32 Å². The Balaban J connectivity index is 1.02. The van der Waals surface area contributed by atoms with E-state index in [1.54, 1.807) is 0 Å². The third-order valence-corrected chi connectivity index (χ3v) is 13.1. The molecule has 9 aromatic carbocycles. The Morgan fingerprint density at radius 2 is 1.10 bits per heavy atom. The molecule has 2 aliphatic rings. The Bertz CT molecular complexity index is 3410. The minimum absolute atomic E-state index is 0.528. The van der Waals surface area contributed by atoms with Crippen molar-refractivity contribution in [2.45, 2.75) is 11.8 Å². The second-order valence-corrected chi connectivity index (χ2v) is 16.4. The summed E-state index contributed by atoms with van der Waals surface area (Å²) in [4.78, 5) is 2.34. The van der Waals surface area contributed by atoms with Crippen LogP contribution in [0.3, 0.4) is 0 Å². The molecule has 10 aromatic rings. The van der Waals surface area contributed by atoms with Crippen molar-refractivity contribution in [1.29, 1.82) is 0 Å². The largest absolute Gasteiger partial charge is 0.453 e. The first-order chi connectivity index (χ1) is 30.7. The van der Waals surface area contributed by atoms with E-state index in [-0.39, 0.29) is 0 Å². The van der Waals surface area contributed by atoms with Gasteiger partial charge in [0.2, 0.25) is 0 Å². The highest BCUT2D eigenvalue weighted by molar-refractivity contribution is 6.13.